The van der Waals surface area contributed by atoms with Crippen LogP contribution in [-0.4, -0.2) is 62.3 Å². The average molecular weight is 382 g/mol. The van der Waals surface area contributed by atoms with Crippen molar-refractivity contribution < 1.29 is 13.2 Å². The van der Waals surface area contributed by atoms with Gasteiger partial charge in [-0.15, -0.1) is 0 Å². The second-order valence-corrected chi connectivity index (χ2v) is 8.94. The fourth-order valence-corrected chi connectivity index (χ4v) is 4.95. The number of hydrogen-bond donors (Lipinski definition) is 1. The molecule has 1 fully saturated rings. The lowest BCUT2D eigenvalue weighted by Crippen LogP contribution is -2.51. The molecule has 0 radical (unpaired) electrons. The van der Waals surface area contributed by atoms with Gasteiger partial charge in [0.1, 0.15) is 0 Å². The zero-order valence-corrected chi connectivity index (χ0v) is 17.1. The summed E-state index contributed by atoms with van der Waals surface area (Å²) in [4.78, 5) is 14.5. The molecule has 7 heteroatoms. The number of nitrogens with one attached hydrogen (secondary N) is 1. The number of sulfonamides is 1. The van der Waals surface area contributed by atoms with Crippen LogP contribution in [0, 0.1) is 13.8 Å². The predicted octanol–water partition coefficient (Wildman–Crippen LogP) is 1.91. The molecule has 1 saturated heterocycles. The first-order valence-corrected chi connectivity index (χ1v) is 10.8. The number of piperazine rings is 1. The van der Waals surface area contributed by atoms with Crippen LogP contribution < -0.4 is 5.32 Å². The molecule has 0 spiro atoms. The number of nitrogens with zero attached hydrogens (tertiary/aromatic N) is 2. The summed E-state index contributed by atoms with van der Waals surface area (Å²) in [6.45, 7) is 10.2. The van der Waals surface area contributed by atoms with Crippen molar-refractivity contribution in [2.45, 2.75) is 51.5 Å². The zero-order valence-electron chi connectivity index (χ0n) is 16.3. The molecule has 0 aromatic heterocycles. The second-order valence-electron chi connectivity index (χ2n) is 7.03. The molecule has 0 aliphatic carbocycles. The van der Waals surface area contributed by atoms with Crippen molar-refractivity contribution in [3.63, 3.8) is 0 Å². The van der Waals surface area contributed by atoms with Crippen molar-refractivity contribution >= 4 is 15.9 Å². The van der Waals surface area contributed by atoms with E-state index in [4.69, 9.17) is 0 Å². The SMILES string of the molecule is CCC(CC)NC(=O)CN1CCN(S(=O)(=O)c2ccc(C)cc2C)CC1. The highest BCUT2D eigenvalue weighted by atomic mass is 32.2. The highest BCUT2D eigenvalue weighted by molar-refractivity contribution is 7.89. The third-order valence-electron chi connectivity index (χ3n) is 5.00. The van der Waals surface area contributed by atoms with Crippen molar-refractivity contribution in [1.29, 1.82) is 0 Å². The molecular weight excluding hydrogens is 350 g/mol. The van der Waals surface area contributed by atoms with Crippen LogP contribution in [0.2, 0.25) is 0 Å². The number of carbonyl (C=O) groups excluding carboxylic acids is 1. The van der Waals surface area contributed by atoms with Gasteiger partial charge in [0.2, 0.25) is 15.9 Å². The van der Waals surface area contributed by atoms with E-state index < -0.39 is 10.0 Å². The lowest BCUT2D eigenvalue weighted by molar-refractivity contribution is -0.123. The van der Waals surface area contributed by atoms with E-state index in [0.717, 1.165) is 24.0 Å². The summed E-state index contributed by atoms with van der Waals surface area (Å²) in [5.74, 6) is 0.0180. The Kier molecular flexibility index (Phi) is 7.20. The molecule has 1 aliphatic heterocycles. The molecule has 26 heavy (non-hydrogen) atoms. The summed E-state index contributed by atoms with van der Waals surface area (Å²) >= 11 is 0. The van der Waals surface area contributed by atoms with E-state index in [0.29, 0.717) is 37.6 Å². The summed E-state index contributed by atoms with van der Waals surface area (Å²) in [7, 11) is -3.48. The molecule has 1 N–H and O–H groups in total. The fraction of sp³-hybridized carbons (Fsp3) is 0.632. The normalized spacial score (nSPS) is 16.8. The Morgan fingerprint density at radius 3 is 2.27 bits per heavy atom. The number of carbonyl (C=O) groups is 1. The maximum Gasteiger partial charge on any atom is 0.243 e. The Hall–Kier alpha value is -1.44. The van der Waals surface area contributed by atoms with Gasteiger partial charge in [-0.1, -0.05) is 31.5 Å². The van der Waals surface area contributed by atoms with Gasteiger partial charge in [-0.3, -0.25) is 9.69 Å². The summed E-state index contributed by atoms with van der Waals surface area (Å²) in [5.41, 5.74) is 1.83. The van der Waals surface area contributed by atoms with E-state index in [1.54, 1.807) is 6.07 Å². The smallest absolute Gasteiger partial charge is 0.243 e. The fourth-order valence-electron chi connectivity index (χ4n) is 3.33. The molecule has 1 aromatic carbocycles. The third kappa shape index (κ3) is 5.05. The summed E-state index contributed by atoms with van der Waals surface area (Å²) in [6, 6.07) is 5.63. The summed E-state index contributed by atoms with van der Waals surface area (Å²) < 4.78 is 27.3. The average Bonchev–Trinajstić information content (AvgIpc) is 2.59. The minimum absolute atomic E-state index is 0.0180. The standard InChI is InChI=1S/C19H31N3O3S/c1-5-17(6-2)20-19(23)14-21-9-11-22(12-10-21)26(24,25)18-8-7-15(3)13-16(18)4/h7-8,13,17H,5-6,9-12,14H2,1-4H3,(H,20,23). The lowest BCUT2D eigenvalue weighted by Gasteiger charge is -2.34. The van der Waals surface area contributed by atoms with Crippen LogP contribution in [-0.2, 0) is 14.8 Å². The van der Waals surface area contributed by atoms with E-state index >= 15 is 0 Å². The van der Waals surface area contributed by atoms with Crippen LogP contribution >= 0.6 is 0 Å². The number of benzene rings is 1. The Labute approximate surface area is 157 Å². The van der Waals surface area contributed by atoms with Crippen molar-refractivity contribution in [2.75, 3.05) is 32.7 Å². The number of rotatable bonds is 7. The monoisotopic (exact) mass is 381 g/mol. The Balaban J connectivity index is 1.94. The highest BCUT2D eigenvalue weighted by Gasteiger charge is 2.30. The molecule has 1 amide bonds. The van der Waals surface area contributed by atoms with Gasteiger partial charge >= 0.3 is 0 Å². The van der Waals surface area contributed by atoms with E-state index in [9.17, 15) is 13.2 Å². The first-order valence-electron chi connectivity index (χ1n) is 9.37. The predicted molar refractivity (Wildman–Crippen MR) is 104 cm³/mol. The van der Waals surface area contributed by atoms with Crippen molar-refractivity contribution in [3.05, 3.63) is 29.3 Å². The van der Waals surface area contributed by atoms with Crippen molar-refractivity contribution in [3.8, 4) is 0 Å². The van der Waals surface area contributed by atoms with Crippen LogP contribution in [0.5, 0.6) is 0 Å². The molecule has 2 rings (SSSR count). The second kappa shape index (κ2) is 8.97. The van der Waals surface area contributed by atoms with Crippen LogP contribution in [0.25, 0.3) is 0 Å². The Morgan fingerprint density at radius 2 is 1.73 bits per heavy atom. The minimum atomic E-state index is -3.48. The first-order chi connectivity index (χ1) is 12.3. The molecule has 1 aromatic rings. The highest BCUT2D eigenvalue weighted by Crippen LogP contribution is 2.22. The molecule has 146 valence electrons. The van der Waals surface area contributed by atoms with Crippen molar-refractivity contribution in [2.24, 2.45) is 0 Å². The lowest BCUT2D eigenvalue weighted by atomic mass is 10.2. The topological polar surface area (TPSA) is 69.7 Å². The van der Waals surface area contributed by atoms with Gasteiger partial charge in [0.15, 0.2) is 0 Å². The molecule has 0 unspecified atom stereocenters. The van der Waals surface area contributed by atoms with Gasteiger partial charge in [0.25, 0.3) is 0 Å². The molecule has 0 bridgehead atoms. The summed E-state index contributed by atoms with van der Waals surface area (Å²) in [6.07, 6.45) is 1.84. The molecule has 0 atom stereocenters. The number of hydrogen-bond acceptors (Lipinski definition) is 4. The van der Waals surface area contributed by atoms with E-state index in [1.807, 2.05) is 30.9 Å². The van der Waals surface area contributed by atoms with Crippen LogP contribution in [0.4, 0.5) is 0 Å². The third-order valence-corrected chi connectivity index (χ3v) is 7.06. The van der Waals surface area contributed by atoms with Crippen LogP contribution in [0.15, 0.2) is 23.1 Å². The van der Waals surface area contributed by atoms with E-state index in [-0.39, 0.29) is 11.9 Å². The Morgan fingerprint density at radius 1 is 1.12 bits per heavy atom. The maximum atomic E-state index is 12.9. The van der Waals surface area contributed by atoms with Crippen molar-refractivity contribution in [1.82, 2.24) is 14.5 Å². The van der Waals surface area contributed by atoms with Gasteiger partial charge in [-0.25, -0.2) is 8.42 Å². The van der Waals surface area contributed by atoms with Crippen LogP contribution in [0.3, 0.4) is 0 Å². The Bertz CT molecular complexity index is 722. The van der Waals surface area contributed by atoms with Gasteiger partial charge < -0.3 is 5.32 Å². The van der Waals surface area contributed by atoms with Gasteiger partial charge in [0, 0.05) is 32.2 Å². The molecule has 1 heterocycles. The van der Waals surface area contributed by atoms with Gasteiger partial charge in [-0.05, 0) is 38.3 Å². The zero-order chi connectivity index (χ0) is 19.3. The first kappa shape index (κ1) is 20.9. The molecule has 6 nitrogen and oxygen atoms in total. The van der Waals surface area contributed by atoms with E-state index in [1.165, 1.54) is 4.31 Å². The van der Waals surface area contributed by atoms with E-state index in [2.05, 4.69) is 19.2 Å². The number of amides is 1. The molecule has 0 saturated carbocycles. The molecular formula is C19H31N3O3S. The maximum absolute atomic E-state index is 12.9. The summed E-state index contributed by atoms with van der Waals surface area (Å²) in [5, 5.41) is 3.03. The number of aryl methyl sites for hydroxylation is 2. The van der Waals surface area contributed by atoms with Gasteiger partial charge in [0.05, 0.1) is 11.4 Å². The van der Waals surface area contributed by atoms with Gasteiger partial charge in [-0.2, -0.15) is 4.31 Å². The molecule has 1 aliphatic rings. The quantitative estimate of drug-likeness (QED) is 0.783. The largest absolute Gasteiger partial charge is 0.352 e. The minimum Gasteiger partial charge on any atom is -0.352 e. The van der Waals surface area contributed by atoms with Crippen LogP contribution in [0.1, 0.15) is 37.8 Å².